The molecule has 2 fully saturated rings. The van der Waals surface area contributed by atoms with Crippen LogP contribution in [0.25, 0.3) is 0 Å². The Kier molecular flexibility index (Phi) is 6.25. The normalized spacial score (nSPS) is 26.5. The molecule has 0 spiro atoms. The molecule has 1 aliphatic heterocycles. The van der Waals surface area contributed by atoms with Gasteiger partial charge in [0.2, 0.25) is 15.9 Å². The largest absolute Gasteiger partial charge is 0.481 e. The molecule has 1 N–H and O–H groups in total. The zero-order chi connectivity index (χ0) is 17.9. The number of hydrogen-bond donors (Lipinski definition) is 1. The van der Waals surface area contributed by atoms with Crippen molar-refractivity contribution in [3.05, 3.63) is 0 Å². The van der Waals surface area contributed by atoms with E-state index in [2.05, 4.69) is 0 Å². The van der Waals surface area contributed by atoms with Crippen LogP contribution in [0.2, 0.25) is 0 Å². The fraction of sp³-hybridized carbons (Fsp3) is 0.875. The first-order valence-electron chi connectivity index (χ1n) is 8.72. The predicted molar refractivity (Wildman–Crippen MR) is 89.9 cm³/mol. The third kappa shape index (κ3) is 4.47. The molecule has 8 heteroatoms. The number of amides is 1. The summed E-state index contributed by atoms with van der Waals surface area (Å²) in [6, 6.07) is -0.0307. The van der Waals surface area contributed by atoms with Gasteiger partial charge in [-0.05, 0) is 38.5 Å². The maximum Gasteiger partial charge on any atom is 0.306 e. The van der Waals surface area contributed by atoms with Crippen LogP contribution in [0.15, 0.2) is 0 Å². The fourth-order valence-corrected chi connectivity index (χ4v) is 5.20. The Labute approximate surface area is 144 Å². The Bertz CT molecular complexity index is 561. The van der Waals surface area contributed by atoms with Crippen molar-refractivity contribution < 1.29 is 23.1 Å². The third-order valence-electron chi connectivity index (χ3n) is 5.35. The van der Waals surface area contributed by atoms with Crippen LogP contribution >= 0.6 is 0 Å². The van der Waals surface area contributed by atoms with Crippen LogP contribution in [-0.4, -0.2) is 66.5 Å². The molecule has 1 heterocycles. The van der Waals surface area contributed by atoms with Crippen LogP contribution in [0.1, 0.15) is 45.4 Å². The Morgan fingerprint density at radius 3 is 1.96 bits per heavy atom. The van der Waals surface area contributed by atoms with Crippen LogP contribution in [0, 0.1) is 11.8 Å². The highest BCUT2D eigenvalue weighted by molar-refractivity contribution is 7.88. The third-order valence-corrected chi connectivity index (χ3v) is 6.76. The van der Waals surface area contributed by atoms with Crippen molar-refractivity contribution >= 4 is 21.9 Å². The summed E-state index contributed by atoms with van der Waals surface area (Å²) in [5.41, 5.74) is 0. The van der Waals surface area contributed by atoms with Gasteiger partial charge in [0.25, 0.3) is 0 Å². The van der Waals surface area contributed by atoms with Crippen LogP contribution in [0.5, 0.6) is 0 Å². The maximum absolute atomic E-state index is 12.6. The van der Waals surface area contributed by atoms with Crippen LogP contribution < -0.4 is 0 Å². The lowest BCUT2D eigenvalue weighted by atomic mass is 9.81. The molecule has 0 radical (unpaired) electrons. The van der Waals surface area contributed by atoms with Crippen molar-refractivity contribution in [3.8, 4) is 0 Å². The van der Waals surface area contributed by atoms with Crippen LogP contribution in [0.4, 0.5) is 0 Å². The summed E-state index contributed by atoms with van der Waals surface area (Å²) in [6.45, 7) is 3.44. The average molecular weight is 360 g/mol. The molecule has 1 aliphatic carbocycles. The molecule has 0 aromatic heterocycles. The van der Waals surface area contributed by atoms with Crippen molar-refractivity contribution in [2.45, 2.75) is 51.5 Å². The molecule has 2 rings (SSSR count). The van der Waals surface area contributed by atoms with E-state index in [0.717, 1.165) is 0 Å². The molecule has 0 aromatic carbocycles. The van der Waals surface area contributed by atoms with Gasteiger partial charge in [-0.25, -0.2) is 8.42 Å². The van der Waals surface area contributed by atoms with Gasteiger partial charge in [0.1, 0.15) is 0 Å². The number of nitrogens with zero attached hydrogens (tertiary/aromatic N) is 2. The minimum atomic E-state index is -3.21. The second-order valence-corrected chi connectivity index (χ2v) is 8.84. The minimum absolute atomic E-state index is 0.0307. The monoisotopic (exact) mass is 360 g/mol. The number of carboxylic acid groups (broad SMARTS) is 1. The Morgan fingerprint density at radius 1 is 1.04 bits per heavy atom. The lowest BCUT2D eigenvalue weighted by molar-refractivity contribution is -0.146. The van der Waals surface area contributed by atoms with E-state index in [1.807, 2.05) is 11.8 Å². The zero-order valence-electron chi connectivity index (χ0n) is 14.5. The molecule has 0 atom stereocenters. The van der Waals surface area contributed by atoms with Crippen molar-refractivity contribution in [1.29, 1.82) is 0 Å². The van der Waals surface area contributed by atoms with Crippen molar-refractivity contribution in [3.63, 3.8) is 0 Å². The van der Waals surface area contributed by atoms with Gasteiger partial charge < -0.3 is 10.0 Å². The molecule has 1 saturated heterocycles. The van der Waals surface area contributed by atoms with Gasteiger partial charge >= 0.3 is 5.97 Å². The van der Waals surface area contributed by atoms with E-state index in [4.69, 9.17) is 5.11 Å². The van der Waals surface area contributed by atoms with E-state index in [9.17, 15) is 18.0 Å². The predicted octanol–water partition coefficient (Wildman–Crippen LogP) is 1.15. The van der Waals surface area contributed by atoms with Gasteiger partial charge in [0, 0.05) is 31.6 Å². The number of likely N-dealkylation sites (tertiary alicyclic amines) is 1. The molecule has 24 heavy (non-hydrogen) atoms. The summed E-state index contributed by atoms with van der Waals surface area (Å²) >= 11 is 0. The van der Waals surface area contributed by atoms with Gasteiger partial charge in [0.05, 0.1) is 12.2 Å². The first-order chi connectivity index (χ1) is 11.2. The van der Waals surface area contributed by atoms with Crippen LogP contribution in [0.3, 0.4) is 0 Å². The molecule has 0 aromatic rings. The first-order valence-corrected chi connectivity index (χ1v) is 10.6. The Balaban J connectivity index is 1.86. The first kappa shape index (κ1) is 19.2. The second kappa shape index (κ2) is 7.82. The van der Waals surface area contributed by atoms with Crippen molar-refractivity contribution in [2.75, 3.05) is 25.9 Å². The summed E-state index contributed by atoms with van der Waals surface area (Å²) in [4.78, 5) is 25.4. The summed E-state index contributed by atoms with van der Waals surface area (Å²) in [6.07, 6.45) is 4.98. The maximum atomic E-state index is 12.6. The van der Waals surface area contributed by atoms with E-state index in [1.54, 1.807) is 0 Å². The summed E-state index contributed by atoms with van der Waals surface area (Å²) in [7, 11) is -3.21. The fourth-order valence-electron chi connectivity index (χ4n) is 3.98. The highest BCUT2D eigenvalue weighted by Crippen LogP contribution is 2.31. The van der Waals surface area contributed by atoms with Crippen LogP contribution in [-0.2, 0) is 19.6 Å². The standard InChI is InChI=1S/C16H28N2O5S/c1-3-18(24(2,22)23)14-8-10-17(11-9-14)15(19)12-4-6-13(7-5-12)16(20)21/h12-14H,3-11H2,1-2H3,(H,20,21). The van der Waals surface area contributed by atoms with Gasteiger partial charge in [0.15, 0.2) is 0 Å². The molecule has 138 valence electrons. The highest BCUT2D eigenvalue weighted by atomic mass is 32.2. The molecule has 0 bridgehead atoms. The van der Waals surface area contributed by atoms with E-state index < -0.39 is 16.0 Å². The van der Waals surface area contributed by atoms with E-state index in [0.29, 0.717) is 58.2 Å². The number of sulfonamides is 1. The molecule has 1 amide bonds. The van der Waals surface area contributed by atoms with Crippen molar-refractivity contribution in [1.82, 2.24) is 9.21 Å². The highest BCUT2D eigenvalue weighted by Gasteiger charge is 2.35. The lowest BCUT2D eigenvalue weighted by Gasteiger charge is -2.38. The van der Waals surface area contributed by atoms with Crippen molar-refractivity contribution in [2.24, 2.45) is 11.8 Å². The average Bonchev–Trinajstić information content (AvgIpc) is 2.54. The number of carbonyl (C=O) groups is 2. The summed E-state index contributed by atoms with van der Waals surface area (Å²) in [5, 5.41) is 9.03. The summed E-state index contributed by atoms with van der Waals surface area (Å²) < 4.78 is 25.1. The number of carboxylic acids is 1. The van der Waals surface area contributed by atoms with E-state index in [1.165, 1.54) is 10.6 Å². The zero-order valence-corrected chi connectivity index (χ0v) is 15.3. The van der Waals surface area contributed by atoms with E-state index >= 15 is 0 Å². The Morgan fingerprint density at radius 2 is 1.54 bits per heavy atom. The molecule has 2 aliphatic rings. The number of piperidine rings is 1. The second-order valence-electron chi connectivity index (χ2n) is 6.91. The van der Waals surface area contributed by atoms with Gasteiger partial charge in [-0.1, -0.05) is 6.92 Å². The quantitative estimate of drug-likeness (QED) is 0.793. The molecular weight excluding hydrogens is 332 g/mol. The molecule has 0 unspecified atom stereocenters. The summed E-state index contributed by atoms with van der Waals surface area (Å²) in [5.74, 6) is -1.04. The number of aliphatic carboxylic acids is 1. The number of rotatable bonds is 5. The lowest BCUT2D eigenvalue weighted by Crippen LogP contribution is -2.49. The molecule has 1 saturated carbocycles. The topological polar surface area (TPSA) is 95.0 Å². The number of carbonyl (C=O) groups excluding carboxylic acids is 1. The SMILES string of the molecule is CCN(C1CCN(C(=O)C2CCC(C(=O)O)CC2)CC1)S(C)(=O)=O. The van der Waals surface area contributed by atoms with Gasteiger partial charge in [-0.3, -0.25) is 9.59 Å². The Hall–Kier alpha value is -1.15. The molecular formula is C16H28N2O5S. The smallest absolute Gasteiger partial charge is 0.306 e. The number of hydrogen-bond acceptors (Lipinski definition) is 4. The van der Waals surface area contributed by atoms with Gasteiger partial charge in [-0.15, -0.1) is 0 Å². The minimum Gasteiger partial charge on any atom is -0.481 e. The van der Waals surface area contributed by atoms with Gasteiger partial charge in [-0.2, -0.15) is 4.31 Å². The molecule has 7 nitrogen and oxygen atoms in total. The van der Waals surface area contributed by atoms with E-state index in [-0.39, 0.29) is 23.8 Å².